The minimum Gasteiger partial charge on any atom is -0.449 e. The first-order chi connectivity index (χ1) is 21.4. The maximum absolute atomic E-state index is 12.4. The van der Waals surface area contributed by atoms with Crippen molar-refractivity contribution in [1.29, 1.82) is 0 Å². The lowest BCUT2D eigenvalue weighted by Gasteiger charge is -2.35. The second-order valence-corrected chi connectivity index (χ2v) is 13.8. The lowest BCUT2D eigenvalue weighted by Crippen LogP contribution is -2.46. The van der Waals surface area contributed by atoms with Gasteiger partial charge in [0.25, 0.3) is 0 Å². The number of hydrogen-bond acceptors (Lipinski definition) is 8. The normalized spacial score (nSPS) is 30.0. The summed E-state index contributed by atoms with van der Waals surface area (Å²) in [6.07, 6.45) is 11.4. The van der Waals surface area contributed by atoms with Gasteiger partial charge >= 0.3 is 6.09 Å². The molecule has 3 aliphatic rings. The fourth-order valence-corrected chi connectivity index (χ4v) is 7.00. The van der Waals surface area contributed by atoms with Crippen molar-refractivity contribution in [3.63, 3.8) is 0 Å². The second-order valence-electron chi connectivity index (χ2n) is 13.8. The summed E-state index contributed by atoms with van der Waals surface area (Å²) in [5.41, 5.74) is 0.992. The molecule has 45 heavy (non-hydrogen) atoms. The average Bonchev–Trinajstić information content (AvgIpc) is 3.68. The number of ether oxygens (including phenoxy) is 4. The second kappa shape index (κ2) is 18.4. The van der Waals surface area contributed by atoms with E-state index in [1.54, 1.807) is 18.9 Å². The van der Waals surface area contributed by atoms with Gasteiger partial charge in [-0.3, -0.25) is 4.79 Å². The van der Waals surface area contributed by atoms with Gasteiger partial charge in [-0.15, -0.1) is 0 Å². The van der Waals surface area contributed by atoms with Crippen LogP contribution in [0.5, 0.6) is 0 Å². The molecule has 0 radical (unpaired) electrons. The molecule has 0 spiro atoms. The number of nitrogens with one attached hydrogen (secondary N) is 2. The molecule has 0 aromatic carbocycles. The quantitative estimate of drug-likeness (QED) is 0.120. The van der Waals surface area contributed by atoms with E-state index in [1.807, 2.05) is 0 Å². The Morgan fingerprint density at radius 2 is 1.89 bits per heavy atom. The molecule has 0 aromatic heterocycles. The third-order valence-corrected chi connectivity index (χ3v) is 9.63. The maximum atomic E-state index is 12.4. The molecule has 0 saturated carbocycles. The van der Waals surface area contributed by atoms with Crippen molar-refractivity contribution < 1.29 is 33.6 Å². The molecule has 1 unspecified atom stereocenters. The number of carbonyl (C=O) groups is 2. The number of unbranched alkanes of at least 4 members (excludes halogenated alkanes) is 2. The van der Waals surface area contributed by atoms with Crippen LogP contribution in [0.2, 0.25) is 0 Å². The summed E-state index contributed by atoms with van der Waals surface area (Å²) in [4.78, 5) is 26.2. The van der Waals surface area contributed by atoms with Crippen molar-refractivity contribution >= 4 is 12.0 Å². The van der Waals surface area contributed by atoms with Crippen LogP contribution in [0.3, 0.4) is 0 Å². The first-order valence-corrected chi connectivity index (χ1v) is 17.2. The summed E-state index contributed by atoms with van der Waals surface area (Å²) in [5.74, 6) is 0.920. The molecule has 3 fully saturated rings. The molecule has 3 rings (SSSR count). The third-order valence-electron chi connectivity index (χ3n) is 9.63. The number of hydrogen-bond donors (Lipinski definition) is 3. The first kappa shape index (κ1) is 37.5. The highest BCUT2D eigenvalue weighted by atomic mass is 16.6. The van der Waals surface area contributed by atoms with Gasteiger partial charge < -0.3 is 39.6 Å². The van der Waals surface area contributed by atoms with E-state index in [1.165, 1.54) is 5.57 Å². The Morgan fingerprint density at radius 1 is 1.16 bits per heavy atom. The van der Waals surface area contributed by atoms with Crippen molar-refractivity contribution in [2.75, 3.05) is 46.4 Å². The van der Waals surface area contributed by atoms with E-state index in [-0.39, 0.29) is 47.9 Å². The fourth-order valence-electron chi connectivity index (χ4n) is 7.00. The van der Waals surface area contributed by atoms with Gasteiger partial charge in [0, 0.05) is 52.2 Å². The van der Waals surface area contributed by atoms with Crippen LogP contribution in [-0.2, 0) is 23.7 Å². The van der Waals surface area contributed by atoms with E-state index in [9.17, 15) is 14.7 Å². The molecular formula is C35H61N3O7. The summed E-state index contributed by atoms with van der Waals surface area (Å²) >= 11 is 0. The van der Waals surface area contributed by atoms with Crippen LogP contribution >= 0.6 is 0 Å². The van der Waals surface area contributed by atoms with E-state index in [4.69, 9.17) is 18.9 Å². The first-order valence-electron chi connectivity index (χ1n) is 17.2. The Bertz CT molecular complexity index is 982. The molecule has 3 heterocycles. The monoisotopic (exact) mass is 635 g/mol. The van der Waals surface area contributed by atoms with Gasteiger partial charge in [-0.1, -0.05) is 39.0 Å². The molecule has 9 atom stereocenters. The highest BCUT2D eigenvalue weighted by molar-refractivity contribution is 5.75. The molecule has 10 nitrogen and oxygen atoms in total. The van der Waals surface area contributed by atoms with Crippen molar-refractivity contribution in [1.82, 2.24) is 15.5 Å². The highest BCUT2D eigenvalue weighted by Gasteiger charge is 2.56. The molecule has 3 saturated heterocycles. The number of aliphatic hydroxyl groups is 1. The molecule has 3 N–H and O–H groups in total. The van der Waals surface area contributed by atoms with Crippen molar-refractivity contribution in [2.45, 2.75) is 123 Å². The van der Waals surface area contributed by atoms with Crippen LogP contribution in [0.15, 0.2) is 23.8 Å². The molecule has 258 valence electrons. The van der Waals surface area contributed by atoms with Gasteiger partial charge in [-0.05, 0) is 76.7 Å². The van der Waals surface area contributed by atoms with Crippen molar-refractivity contribution in [3.8, 4) is 0 Å². The maximum Gasteiger partial charge on any atom is 0.409 e. The SMILES string of the molecule is CO[C@H]([C@@H](C)[C@H]1O[C@]1(C)CC(C)/C=C/C=C(\C)[C@H]1O[C@@H](CNC(=O)CCCCCOC(=O)N2CCNCC2)CC[C@@H]1C)[C@@H](C)O. The van der Waals surface area contributed by atoms with Crippen molar-refractivity contribution in [2.24, 2.45) is 17.8 Å². The van der Waals surface area contributed by atoms with Gasteiger partial charge in [0.2, 0.25) is 5.91 Å². The Morgan fingerprint density at radius 3 is 2.58 bits per heavy atom. The van der Waals surface area contributed by atoms with Crippen LogP contribution in [0.25, 0.3) is 0 Å². The summed E-state index contributed by atoms with van der Waals surface area (Å²) in [7, 11) is 1.64. The molecular weight excluding hydrogens is 574 g/mol. The zero-order valence-electron chi connectivity index (χ0n) is 28.9. The van der Waals surface area contributed by atoms with E-state index in [2.05, 4.69) is 63.5 Å². The minimum absolute atomic E-state index is 0.00857. The molecule has 0 aliphatic carbocycles. The number of amides is 2. The summed E-state index contributed by atoms with van der Waals surface area (Å²) in [6.45, 7) is 16.5. The van der Waals surface area contributed by atoms with Crippen molar-refractivity contribution in [3.05, 3.63) is 23.8 Å². The van der Waals surface area contributed by atoms with E-state index in [0.717, 1.165) is 51.6 Å². The predicted octanol–water partition coefficient (Wildman–Crippen LogP) is 4.61. The molecule has 10 heteroatoms. The summed E-state index contributed by atoms with van der Waals surface area (Å²) < 4.78 is 23.4. The number of allylic oxidation sites excluding steroid dienone is 3. The van der Waals surface area contributed by atoms with E-state index >= 15 is 0 Å². The average molecular weight is 636 g/mol. The van der Waals surface area contributed by atoms with Gasteiger partial charge in [-0.2, -0.15) is 0 Å². The Kier molecular flexibility index (Phi) is 15.3. The Hall–Kier alpha value is -1.98. The Balaban J connectivity index is 1.32. The molecule has 3 aliphatic heterocycles. The third kappa shape index (κ3) is 12.0. The number of aliphatic hydroxyl groups excluding tert-OH is 1. The topological polar surface area (TPSA) is 122 Å². The predicted molar refractivity (Wildman–Crippen MR) is 176 cm³/mol. The van der Waals surface area contributed by atoms with Gasteiger partial charge in [0.1, 0.15) is 0 Å². The van der Waals surface area contributed by atoms with Gasteiger partial charge in [0.05, 0.1) is 42.7 Å². The van der Waals surface area contributed by atoms with Crippen LogP contribution in [0, 0.1) is 17.8 Å². The van der Waals surface area contributed by atoms with Crippen LogP contribution in [-0.4, -0.2) is 105 Å². The lowest BCUT2D eigenvalue weighted by atomic mass is 9.85. The van der Waals surface area contributed by atoms with Crippen LogP contribution in [0.4, 0.5) is 4.79 Å². The van der Waals surface area contributed by atoms with Crippen LogP contribution < -0.4 is 10.6 Å². The smallest absolute Gasteiger partial charge is 0.409 e. The number of carbonyl (C=O) groups excluding carboxylic acids is 2. The molecule has 0 aromatic rings. The molecule has 2 amide bonds. The number of nitrogens with zero attached hydrogens (tertiary/aromatic N) is 1. The van der Waals surface area contributed by atoms with Gasteiger partial charge in [-0.25, -0.2) is 4.79 Å². The number of epoxide rings is 1. The van der Waals surface area contributed by atoms with Gasteiger partial charge in [0.15, 0.2) is 0 Å². The zero-order chi connectivity index (χ0) is 33.0. The summed E-state index contributed by atoms with van der Waals surface area (Å²) in [5, 5.41) is 16.3. The largest absolute Gasteiger partial charge is 0.449 e. The fraction of sp³-hybridized carbons (Fsp3) is 0.829. The zero-order valence-corrected chi connectivity index (χ0v) is 28.9. The number of piperazine rings is 1. The van der Waals surface area contributed by atoms with E-state index in [0.29, 0.717) is 44.5 Å². The molecule has 0 bridgehead atoms. The Labute approximate surface area is 271 Å². The highest BCUT2D eigenvalue weighted by Crippen LogP contribution is 2.47. The standard InChI is InChI=1S/C35H61N3O7/c1-24(22-35(6)33(45-35)27(4)32(42-7)28(5)39)12-11-13-25(2)31-26(3)15-16-29(44-31)23-37-30(40)14-9-8-10-21-43-34(41)38-19-17-36-18-20-38/h11-13,24,26-29,31-33,36,39H,8-10,14-23H2,1-7H3,(H,37,40)/b12-11+,25-13+/t24?,26-,27+,28+,29+,31+,32+,33+,35+/m0/s1. The number of methoxy groups -OCH3 is 1. The van der Waals surface area contributed by atoms with Crippen LogP contribution in [0.1, 0.15) is 86.5 Å². The number of rotatable bonds is 17. The van der Waals surface area contributed by atoms with E-state index < -0.39 is 6.10 Å². The minimum atomic E-state index is -0.535. The summed E-state index contributed by atoms with van der Waals surface area (Å²) in [6, 6.07) is 0. The lowest BCUT2D eigenvalue weighted by molar-refractivity contribution is -0.123.